The first-order valence-corrected chi connectivity index (χ1v) is 5.26. The number of nitrogens with zero attached hydrogens (tertiary/aromatic N) is 1. The molecule has 1 heterocycles. The molecule has 1 aromatic carbocycles. The molecule has 0 radical (unpaired) electrons. The largest absolute Gasteiger partial charge is 0.494 e. The second-order valence-electron chi connectivity index (χ2n) is 3.51. The molecule has 2 aromatic rings. The van der Waals surface area contributed by atoms with Gasteiger partial charge in [0.1, 0.15) is 5.69 Å². The molecule has 1 aromatic heterocycles. The van der Waals surface area contributed by atoms with Crippen LogP contribution in [0.2, 0.25) is 0 Å². The van der Waals surface area contributed by atoms with Crippen molar-refractivity contribution >= 4 is 11.6 Å². The minimum Gasteiger partial charge on any atom is -0.494 e. The molecular weight excluding hydrogens is 269 g/mol. The van der Waals surface area contributed by atoms with Gasteiger partial charge in [-0.3, -0.25) is 5.10 Å². The molecule has 0 saturated heterocycles. The van der Waals surface area contributed by atoms with Gasteiger partial charge in [0.05, 0.1) is 12.8 Å². The van der Waals surface area contributed by atoms with E-state index < -0.39 is 16.9 Å². The van der Waals surface area contributed by atoms with E-state index in [0.29, 0.717) is 5.56 Å². The normalized spacial score (nSPS) is 11.6. The molecule has 0 spiro atoms. The fourth-order valence-electron chi connectivity index (χ4n) is 1.44. The fraction of sp³-hybridized carbons (Fsp3) is 0.182. The maximum Gasteiger partial charge on any atom is 0.364 e. The zero-order valence-corrected chi connectivity index (χ0v) is 9.93. The fourth-order valence-corrected chi connectivity index (χ4v) is 1.54. The molecule has 96 valence electrons. The summed E-state index contributed by atoms with van der Waals surface area (Å²) >= 11 is 4.84. The Kier molecular flexibility index (Phi) is 3.21. The van der Waals surface area contributed by atoms with Gasteiger partial charge in [-0.1, -0.05) is 0 Å². The molecule has 0 aliphatic carbocycles. The number of rotatable bonds is 3. The average molecular weight is 277 g/mol. The summed E-state index contributed by atoms with van der Waals surface area (Å²) in [4.78, 5) is 0. The summed E-state index contributed by atoms with van der Waals surface area (Å²) in [6, 6.07) is 5.10. The number of H-pyrrole nitrogens is 1. The lowest BCUT2D eigenvalue weighted by molar-refractivity contribution is 0.0899. The maximum atomic E-state index is 13.4. The van der Waals surface area contributed by atoms with Crippen molar-refractivity contribution in [1.29, 1.82) is 0 Å². The Morgan fingerprint density at radius 2 is 2.06 bits per heavy atom. The van der Waals surface area contributed by atoms with Crippen molar-refractivity contribution in [2.45, 2.75) is 5.38 Å². The monoisotopic (exact) mass is 276 g/mol. The van der Waals surface area contributed by atoms with Crippen LogP contribution in [0, 0.1) is 5.82 Å². The molecule has 1 N–H and O–H groups in total. The van der Waals surface area contributed by atoms with Crippen LogP contribution in [0.4, 0.5) is 13.2 Å². The predicted octanol–water partition coefficient (Wildman–Crippen LogP) is 3.51. The smallest absolute Gasteiger partial charge is 0.364 e. The molecule has 0 aliphatic rings. The van der Waals surface area contributed by atoms with Gasteiger partial charge in [-0.15, -0.1) is 0 Å². The van der Waals surface area contributed by atoms with E-state index in [0.717, 1.165) is 12.1 Å². The van der Waals surface area contributed by atoms with Gasteiger partial charge in [0.2, 0.25) is 0 Å². The summed E-state index contributed by atoms with van der Waals surface area (Å²) in [5.74, 6) is -0.533. The van der Waals surface area contributed by atoms with E-state index in [1.807, 2.05) is 0 Å². The first-order valence-electron chi connectivity index (χ1n) is 4.88. The quantitative estimate of drug-likeness (QED) is 0.871. The highest BCUT2D eigenvalue weighted by molar-refractivity contribution is 6.21. The number of alkyl halides is 3. The number of benzene rings is 1. The van der Waals surface area contributed by atoms with E-state index in [1.165, 1.54) is 19.2 Å². The third-order valence-electron chi connectivity index (χ3n) is 2.33. The molecule has 0 bridgehead atoms. The van der Waals surface area contributed by atoms with Gasteiger partial charge in [0.25, 0.3) is 0 Å². The summed E-state index contributed by atoms with van der Waals surface area (Å²) < 4.78 is 43.8. The van der Waals surface area contributed by atoms with Gasteiger partial charge in [0.15, 0.2) is 11.6 Å². The van der Waals surface area contributed by atoms with Gasteiger partial charge in [0, 0.05) is 5.56 Å². The van der Waals surface area contributed by atoms with Crippen LogP contribution in [0.1, 0.15) is 5.69 Å². The number of methoxy groups -OCH3 is 1. The number of hydrogen-bond acceptors (Lipinski definition) is 2. The summed E-state index contributed by atoms with van der Waals surface area (Å²) in [5.41, 5.74) is -0.0287. The molecule has 0 fully saturated rings. The zero-order chi connectivity index (χ0) is 13.3. The number of hydrogen-bond donors (Lipinski definition) is 1. The Bertz CT molecular complexity index is 566. The average Bonchev–Trinajstić information content (AvgIpc) is 2.77. The molecule has 0 amide bonds. The van der Waals surface area contributed by atoms with Crippen LogP contribution in [0.15, 0.2) is 24.3 Å². The van der Waals surface area contributed by atoms with Gasteiger partial charge < -0.3 is 4.74 Å². The Hall–Kier alpha value is -1.69. The number of aromatic amines is 1. The second-order valence-corrected chi connectivity index (χ2v) is 3.99. The molecule has 2 rings (SSSR count). The van der Waals surface area contributed by atoms with Crippen molar-refractivity contribution in [3.63, 3.8) is 0 Å². The van der Waals surface area contributed by atoms with E-state index in [1.54, 1.807) is 0 Å². The number of nitrogens with one attached hydrogen (secondary N) is 1. The maximum absolute atomic E-state index is 13.4. The van der Waals surface area contributed by atoms with Crippen molar-refractivity contribution in [2.75, 3.05) is 7.11 Å². The molecule has 7 heteroatoms. The molecule has 0 atom stereocenters. The standard InChI is InChI=1S/C11H8ClF3N2O/c1-18-9-3-2-6(4-7(9)13)8-5-10(17-16-8)11(12,14)15/h2-5H,1H3,(H,16,17). The highest BCUT2D eigenvalue weighted by Gasteiger charge is 2.30. The first kappa shape index (κ1) is 12.8. The highest BCUT2D eigenvalue weighted by atomic mass is 35.5. The molecule has 0 aliphatic heterocycles. The third-order valence-corrected chi connectivity index (χ3v) is 2.53. The molecule has 18 heavy (non-hydrogen) atoms. The van der Waals surface area contributed by atoms with Crippen LogP contribution in [0.5, 0.6) is 5.75 Å². The van der Waals surface area contributed by atoms with Crippen LogP contribution in [0.25, 0.3) is 11.3 Å². The Balaban J connectivity index is 2.38. The number of ether oxygens (including phenoxy) is 1. The minimum atomic E-state index is -3.53. The van der Waals surface area contributed by atoms with Crippen molar-refractivity contribution in [3.05, 3.63) is 35.8 Å². The van der Waals surface area contributed by atoms with Gasteiger partial charge in [-0.2, -0.15) is 13.9 Å². The van der Waals surface area contributed by atoms with Crippen molar-refractivity contribution in [3.8, 4) is 17.0 Å². The molecule has 0 unspecified atom stereocenters. The first-order chi connectivity index (χ1) is 8.41. The SMILES string of the molecule is COc1ccc(-c2cc(C(F)(F)Cl)[nH]n2)cc1F. The summed E-state index contributed by atoms with van der Waals surface area (Å²) in [7, 11) is 1.33. The van der Waals surface area contributed by atoms with E-state index in [-0.39, 0.29) is 11.4 Å². The van der Waals surface area contributed by atoms with E-state index in [4.69, 9.17) is 16.3 Å². The summed E-state index contributed by atoms with van der Waals surface area (Å²) in [6.45, 7) is 0. The summed E-state index contributed by atoms with van der Waals surface area (Å²) in [5, 5.41) is 2.23. The topological polar surface area (TPSA) is 37.9 Å². The zero-order valence-electron chi connectivity index (χ0n) is 9.18. The van der Waals surface area contributed by atoms with E-state index in [9.17, 15) is 13.2 Å². The van der Waals surface area contributed by atoms with E-state index in [2.05, 4.69) is 10.2 Å². The predicted molar refractivity (Wildman–Crippen MR) is 60.3 cm³/mol. The van der Waals surface area contributed by atoms with Crippen molar-refractivity contribution < 1.29 is 17.9 Å². The lowest BCUT2D eigenvalue weighted by Crippen LogP contribution is -2.03. The highest BCUT2D eigenvalue weighted by Crippen LogP contribution is 2.33. The third kappa shape index (κ3) is 2.43. The van der Waals surface area contributed by atoms with Crippen molar-refractivity contribution in [1.82, 2.24) is 10.2 Å². The molecular formula is C11H8ClF3N2O. The number of aromatic nitrogens is 2. The second kappa shape index (κ2) is 4.53. The Morgan fingerprint density at radius 3 is 2.56 bits per heavy atom. The lowest BCUT2D eigenvalue weighted by atomic mass is 10.1. The van der Waals surface area contributed by atoms with Gasteiger partial charge in [-0.25, -0.2) is 4.39 Å². The minimum absolute atomic E-state index is 0.0668. The summed E-state index contributed by atoms with van der Waals surface area (Å²) in [6.07, 6.45) is 0. The van der Waals surface area contributed by atoms with E-state index >= 15 is 0 Å². The van der Waals surface area contributed by atoms with Crippen molar-refractivity contribution in [2.24, 2.45) is 0 Å². The van der Waals surface area contributed by atoms with Crippen LogP contribution in [-0.2, 0) is 5.38 Å². The lowest BCUT2D eigenvalue weighted by Gasteiger charge is -2.03. The van der Waals surface area contributed by atoms with Gasteiger partial charge in [-0.05, 0) is 35.9 Å². The van der Waals surface area contributed by atoms with Crippen LogP contribution < -0.4 is 4.74 Å². The van der Waals surface area contributed by atoms with Crippen LogP contribution in [-0.4, -0.2) is 17.3 Å². The molecule has 0 saturated carbocycles. The Labute approximate surface area is 106 Å². The van der Waals surface area contributed by atoms with Crippen LogP contribution >= 0.6 is 11.6 Å². The molecule has 3 nitrogen and oxygen atoms in total. The Morgan fingerprint density at radius 1 is 1.33 bits per heavy atom. The number of halogens is 4. The van der Waals surface area contributed by atoms with Gasteiger partial charge >= 0.3 is 5.38 Å². The van der Waals surface area contributed by atoms with Crippen LogP contribution in [0.3, 0.4) is 0 Å².